The molecule has 0 spiro atoms. The van der Waals surface area contributed by atoms with Crippen LogP contribution in [-0.2, 0) is 33.6 Å². The van der Waals surface area contributed by atoms with E-state index in [2.05, 4.69) is 6.07 Å². The van der Waals surface area contributed by atoms with Crippen LogP contribution in [0.25, 0.3) is 5.76 Å². The maximum Gasteiger partial charge on any atom is 0.255 e. The molecule has 0 radical (unpaired) electrons. The summed E-state index contributed by atoms with van der Waals surface area (Å²) in [4.78, 5) is 42.9. The zero-order valence-corrected chi connectivity index (χ0v) is 25.1. The van der Waals surface area contributed by atoms with Gasteiger partial charge in [0.1, 0.15) is 22.8 Å². The number of carbonyl (C=O) groups excluding carboxylic acids is 3. The number of benzene rings is 2. The highest BCUT2D eigenvalue weighted by molar-refractivity contribution is 6.24. The second-order valence-corrected chi connectivity index (χ2v) is 12.3. The predicted molar refractivity (Wildman–Crippen MR) is 162 cm³/mol. The molecular formula is C33H36N4O7. The Morgan fingerprint density at radius 3 is 2.32 bits per heavy atom. The SMILES string of the molecule is CN(C)c1cc(CCCc2ccc(C#N)cc2)c(O)c2c1C[C@H]1C[C@H]3C(N(C)C)C(=O)C(C(N)=O)=C(O)[C@@]3(O)C(=O)C1=C2O. The van der Waals surface area contributed by atoms with Gasteiger partial charge in [0.2, 0.25) is 5.78 Å². The van der Waals surface area contributed by atoms with Crippen LogP contribution in [0.4, 0.5) is 5.69 Å². The maximum absolute atomic E-state index is 14.1. The Kier molecular flexibility index (Phi) is 7.78. The van der Waals surface area contributed by atoms with Crippen molar-refractivity contribution in [3.05, 3.63) is 75.1 Å². The molecule has 44 heavy (non-hydrogen) atoms. The Morgan fingerprint density at radius 1 is 1.09 bits per heavy atom. The fourth-order valence-electron chi connectivity index (χ4n) is 7.16. The van der Waals surface area contributed by atoms with Crippen LogP contribution in [0.15, 0.2) is 47.2 Å². The van der Waals surface area contributed by atoms with Crippen molar-refractivity contribution in [2.75, 3.05) is 33.1 Å². The number of nitriles is 1. The topological polar surface area (TPSA) is 188 Å². The first kappa shape index (κ1) is 30.8. The third-order valence-electron chi connectivity index (χ3n) is 9.25. The van der Waals surface area contributed by atoms with Crippen molar-refractivity contribution in [3.63, 3.8) is 0 Å². The lowest BCUT2D eigenvalue weighted by Crippen LogP contribution is -2.65. The molecule has 11 nitrogen and oxygen atoms in total. The number of likely N-dealkylation sites (N-methyl/N-ethyl adjacent to an activating group) is 1. The van der Waals surface area contributed by atoms with Crippen LogP contribution in [-0.4, -0.2) is 82.6 Å². The highest BCUT2D eigenvalue weighted by Gasteiger charge is 2.64. The number of primary amides is 1. The van der Waals surface area contributed by atoms with Crippen LogP contribution in [0.1, 0.15) is 40.7 Å². The molecule has 0 aliphatic heterocycles. The molecular weight excluding hydrogens is 564 g/mol. The van der Waals surface area contributed by atoms with Gasteiger partial charge in [-0.2, -0.15) is 5.26 Å². The molecule has 5 rings (SSSR count). The fraction of sp³-hybridized carbons (Fsp3) is 0.394. The summed E-state index contributed by atoms with van der Waals surface area (Å²) < 4.78 is 0. The Hall–Kier alpha value is -4.66. The average Bonchev–Trinajstić information content (AvgIpc) is 2.96. The Labute approximate surface area is 255 Å². The molecule has 0 bridgehead atoms. The van der Waals surface area contributed by atoms with Gasteiger partial charge in [-0.05, 0) is 87.0 Å². The van der Waals surface area contributed by atoms with Gasteiger partial charge in [-0.15, -0.1) is 0 Å². The number of ketones is 2. The molecule has 1 saturated carbocycles. The summed E-state index contributed by atoms with van der Waals surface area (Å²) in [5, 5.41) is 55.0. The van der Waals surface area contributed by atoms with E-state index in [9.17, 15) is 34.8 Å². The minimum atomic E-state index is -2.68. The smallest absolute Gasteiger partial charge is 0.255 e. The molecule has 0 aromatic heterocycles. The number of hydrogen-bond donors (Lipinski definition) is 5. The van der Waals surface area contributed by atoms with Gasteiger partial charge in [0.25, 0.3) is 5.91 Å². The normalized spacial score (nSPS) is 24.5. The van der Waals surface area contributed by atoms with Crippen molar-refractivity contribution in [2.24, 2.45) is 17.6 Å². The molecule has 6 N–H and O–H groups in total. The molecule has 4 atom stereocenters. The standard InChI is InChI=1S/C33H36N4O7/c1-36(2)22-14-18(7-5-6-16-8-10-17(15-34)11-9-16)27(38)24-20(22)12-19-13-21-26(37(3)4)29(40)25(32(35)43)31(42)33(21,44)30(41)23(19)28(24)39/h8-11,14,19,21,26,38-39,42,44H,5-7,12-13H2,1-4H3,(H2,35,43)/t19-,21-,26?,33-/m0/s1. The number of fused-ring (bicyclic) bond motifs is 3. The van der Waals surface area contributed by atoms with Crippen molar-refractivity contribution in [1.82, 2.24) is 4.90 Å². The lowest BCUT2D eigenvalue weighted by Gasteiger charge is -2.50. The van der Waals surface area contributed by atoms with Gasteiger partial charge in [0.05, 0.1) is 23.2 Å². The van der Waals surface area contributed by atoms with E-state index < -0.39 is 58.0 Å². The number of hydrogen-bond acceptors (Lipinski definition) is 10. The number of phenols is 1. The van der Waals surface area contributed by atoms with E-state index in [0.717, 1.165) is 11.3 Å². The van der Waals surface area contributed by atoms with E-state index in [1.807, 2.05) is 37.2 Å². The number of phenolic OH excluding ortho intramolecular Hbond substituents is 1. The Bertz CT molecular complexity index is 1680. The van der Waals surface area contributed by atoms with Crippen LogP contribution < -0.4 is 10.6 Å². The number of aryl methyl sites for hydroxylation is 2. The van der Waals surface area contributed by atoms with Crippen molar-refractivity contribution in [3.8, 4) is 11.8 Å². The highest BCUT2D eigenvalue weighted by atomic mass is 16.3. The first-order chi connectivity index (χ1) is 20.7. The molecule has 1 amide bonds. The molecule has 11 heteroatoms. The van der Waals surface area contributed by atoms with Crippen molar-refractivity contribution < 1.29 is 34.8 Å². The Balaban J connectivity index is 1.59. The maximum atomic E-state index is 14.1. The molecule has 2 aromatic rings. The number of aliphatic hydroxyl groups is 3. The van der Waals surface area contributed by atoms with Crippen LogP contribution in [0.3, 0.4) is 0 Å². The van der Waals surface area contributed by atoms with Crippen molar-refractivity contribution >= 4 is 28.9 Å². The first-order valence-corrected chi connectivity index (χ1v) is 14.4. The van der Waals surface area contributed by atoms with Crippen LogP contribution in [0.2, 0.25) is 0 Å². The Morgan fingerprint density at radius 2 is 1.75 bits per heavy atom. The van der Waals surface area contributed by atoms with Crippen molar-refractivity contribution in [2.45, 2.75) is 43.7 Å². The molecule has 230 valence electrons. The van der Waals surface area contributed by atoms with E-state index >= 15 is 0 Å². The van der Waals surface area contributed by atoms with Gasteiger partial charge in [-0.1, -0.05) is 12.1 Å². The van der Waals surface area contributed by atoms with E-state index in [1.54, 1.807) is 26.2 Å². The molecule has 1 unspecified atom stereocenters. The summed E-state index contributed by atoms with van der Waals surface area (Å²) in [5.41, 5.74) is 5.31. The molecule has 0 saturated heterocycles. The number of nitrogens with zero attached hydrogens (tertiary/aromatic N) is 3. The summed E-state index contributed by atoms with van der Waals surface area (Å²) in [6, 6.07) is 10.1. The van der Waals surface area contributed by atoms with E-state index in [0.29, 0.717) is 36.0 Å². The number of rotatable bonds is 7. The second kappa shape index (κ2) is 11.1. The summed E-state index contributed by atoms with van der Waals surface area (Å²) in [6.45, 7) is 0. The van der Waals surface area contributed by atoms with Gasteiger partial charge in [-0.25, -0.2) is 0 Å². The van der Waals surface area contributed by atoms with Gasteiger partial charge in [0.15, 0.2) is 11.4 Å². The summed E-state index contributed by atoms with van der Waals surface area (Å²) in [7, 11) is 6.81. The monoisotopic (exact) mass is 600 g/mol. The molecule has 0 heterocycles. The minimum absolute atomic E-state index is 0.0335. The molecule has 3 aliphatic carbocycles. The van der Waals surface area contributed by atoms with Crippen LogP contribution >= 0.6 is 0 Å². The summed E-state index contributed by atoms with van der Waals surface area (Å²) >= 11 is 0. The van der Waals surface area contributed by atoms with Crippen molar-refractivity contribution in [1.29, 1.82) is 5.26 Å². The summed E-state index contributed by atoms with van der Waals surface area (Å²) in [6.07, 6.45) is 2.04. The first-order valence-electron chi connectivity index (χ1n) is 14.4. The largest absolute Gasteiger partial charge is 0.508 e. The minimum Gasteiger partial charge on any atom is -0.508 e. The number of Topliss-reactive ketones (excluding diaryl/α,β-unsaturated/α-hetero) is 2. The van der Waals surface area contributed by atoms with Crippen LogP contribution in [0, 0.1) is 23.2 Å². The van der Waals surface area contributed by atoms with E-state index in [1.165, 1.54) is 4.90 Å². The van der Waals surface area contributed by atoms with E-state index in [4.69, 9.17) is 11.0 Å². The highest BCUT2D eigenvalue weighted by Crippen LogP contribution is 2.54. The van der Waals surface area contributed by atoms with Crippen LogP contribution in [0.5, 0.6) is 5.75 Å². The van der Waals surface area contributed by atoms with Gasteiger partial charge in [0, 0.05) is 31.3 Å². The number of nitrogens with two attached hydrogens (primary N) is 1. The zero-order chi connectivity index (χ0) is 32.2. The molecule has 2 aromatic carbocycles. The quantitative estimate of drug-likeness (QED) is 0.294. The molecule has 3 aliphatic rings. The van der Waals surface area contributed by atoms with Gasteiger partial charge < -0.3 is 31.1 Å². The van der Waals surface area contributed by atoms with Gasteiger partial charge in [-0.3, -0.25) is 19.3 Å². The lowest BCUT2D eigenvalue weighted by molar-refractivity contribution is -0.153. The average molecular weight is 601 g/mol. The molecule has 1 fully saturated rings. The number of amides is 1. The summed E-state index contributed by atoms with van der Waals surface area (Å²) in [5.74, 6) is -6.65. The predicted octanol–water partition coefficient (Wildman–Crippen LogP) is 2.08. The second-order valence-electron chi connectivity index (χ2n) is 12.3. The van der Waals surface area contributed by atoms with E-state index in [-0.39, 0.29) is 29.7 Å². The number of aromatic hydroxyl groups is 1. The van der Waals surface area contributed by atoms with Gasteiger partial charge >= 0.3 is 0 Å². The third kappa shape index (κ3) is 4.62. The number of anilines is 1. The fourth-order valence-corrected chi connectivity index (χ4v) is 7.16. The third-order valence-corrected chi connectivity index (χ3v) is 9.25. The zero-order valence-electron chi connectivity index (χ0n) is 25.1. The number of carbonyl (C=O) groups is 3. The lowest BCUT2D eigenvalue weighted by atomic mass is 9.57. The number of aliphatic hydroxyl groups excluding tert-OH is 2.